The SMILES string of the molecule is NCc1oc(-c2cccc(C(F)(F)F)c2)nc1C(=O)O. The number of benzene rings is 1. The van der Waals surface area contributed by atoms with Crippen molar-refractivity contribution in [2.75, 3.05) is 0 Å². The van der Waals surface area contributed by atoms with Crippen LogP contribution < -0.4 is 5.73 Å². The summed E-state index contributed by atoms with van der Waals surface area (Å²) in [5.41, 5.74) is 4.05. The zero-order chi connectivity index (χ0) is 14.9. The molecular formula is C12H9F3N2O3. The first kappa shape index (κ1) is 14.1. The molecule has 0 aliphatic rings. The fraction of sp³-hybridized carbons (Fsp3) is 0.167. The largest absolute Gasteiger partial charge is 0.476 e. The Morgan fingerprint density at radius 3 is 2.60 bits per heavy atom. The molecule has 0 atom stereocenters. The molecule has 20 heavy (non-hydrogen) atoms. The number of aromatic carboxylic acids is 1. The number of aromatic nitrogens is 1. The predicted octanol–water partition coefficient (Wildman–Crippen LogP) is 2.52. The van der Waals surface area contributed by atoms with Gasteiger partial charge in [-0.15, -0.1) is 0 Å². The number of hydrogen-bond acceptors (Lipinski definition) is 4. The number of hydrogen-bond donors (Lipinski definition) is 2. The molecule has 2 rings (SSSR count). The summed E-state index contributed by atoms with van der Waals surface area (Å²) in [4.78, 5) is 14.6. The van der Waals surface area contributed by atoms with E-state index >= 15 is 0 Å². The highest BCUT2D eigenvalue weighted by Crippen LogP contribution is 2.32. The summed E-state index contributed by atoms with van der Waals surface area (Å²) >= 11 is 0. The number of alkyl halides is 3. The topological polar surface area (TPSA) is 89.4 Å². The van der Waals surface area contributed by atoms with Gasteiger partial charge in [-0.25, -0.2) is 9.78 Å². The number of nitrogens with two attached hydrogens (primary N) is 1. The van der Waals surface area contributed by atoms with Gasteiger partial charge < -0.3 is 15.3 Å². The Morgan fingerprint density at radius 2 is 2.10 bits per heavy atom. The molecule has 8 heteroatoms. The molecule has 1 heterocycles. The Morgan fingerprint density at radius 1 is 1.40 bits per heavy atom. The molecule has 0 unspecified atom stereocenters. The van der Waals surface area contributed by atoms with Crippen molar-refractivity contribution in [1.82, 2.24) is 4.98 Å². The number of oxazole rings is 1. The molecule has 0 amide bonds. The minimum absolute atomic E-state index is 0.0297. The maximum atomic E-state index is 12.6. The summed E-state index contributed by atoms with van der Waals surface area (Å²) < 4.78 is 42.9. The maximum absolute atomic E-state index is 12.6. The van der Waals surface area contributed by atoms with Crippen molar-refractivity contribution < 1.29 is 27.5 Å². The van der Waals surface area contributed by atoms with Crippen LogP contribution >= 0.6 is 0 Å². The molecule has 0 radical (unpaired) electrons. The molecule has 0 aliphatic carbocycles. The molecule has 106 valence electrons. The molecule has 0 saturated heterocycles. The number of nitrogens with zero attached hydrogens (tertiary/aromatic N) is 1. The van der Waals surface area contributed by atoms with Crippen LogP contribution in [0, 0.1) is 0 Å². The van der Waals surface area contributed by atoms with Gasteiger partial charge in [0.05, 0.1) is 12.1 Å². The van der Waals surface area contributed by atoms with Crippen molar-refractivity contribution in [2.45, 2.75) is 12.7 Å². The fourth-order valence-electron chi connectivity index (χ4n) is 1.61. The highest BCUT2D eigenvalue weighted by Gasteiger charge is 2.31. The van der Waals surface area contributed by atoms with Gasteiger partial charge >= 0.3 is 12.1 Å². The maximum Gasteiger partial charge on any atom is 0.416 e. The summed E-state index contributed by atoms with van der Waals surface area (Å²) in [6.45, 7) is -0.215. The van der Waals surface area contributed by atoms with Crippen LogP contribution in [0.15, 0.2) is 28.7 Å². The second kappa shape index (κ2) is 4.97. The van der Waals surface area contributed by atoms with Crippen molar-refractivity contribution in [2.24, 2.45) is 5.73 Å². The lowest BCUT2D eigenvalue weighted by Crippen LogP contribution is -2.05. The van der Waals surface area contributed by atoms with Gasteiger partial charge in [0.15, 0.2) is 11.5 Å². The number of rotatable bonds is 3. The number of carboxylic acid groups (broad SMARTS) is 1. The lowest BCUT2D eigenvalue weighted by Gasteiger charge is -2.06. The highest BCUT2D eigenvalue weighted by atomic mass is 19.4. The predicted molar refractivity (Wildman–Crippen MR) is 61.8 cm³/mol. The van der Waals surface area contributed by atoms with E-state index in [-0.39, 0.29) is 23.8 Å². The van der Waals surface area contributed by atoms with E-state index in [1.807, 2.05) is 0 Å². The van der Waals surface area contributed by atoms with Gasteiger partial charge in [-0.1, -0.05) is 6.07 Å². The second-order valence-corrected chi connectivity index (χ2v) is 3.88. The van der Waals surface area contributed by atoms with Crippen molar-refractivity contribution in [3.63, 3.8) is 0 Å². The van der Waals surface area contributed by atoms with Gasteiger partial charge in [0.2, 0.25) is 5.89 Å². The summed E-state index contributed by atoms with van der Waals surface area (Å²) in [6, 6.07) is 4.25. The highest BCUT2D eigenvalue weighted by molar-refractivity contribution is 5.87. The molecule has 0 bridgehead atoms. The van der Waals surface area contributed by atoms with E-state index in [1.165, 1.54) is 12.1 Å². The number of halogens is 3. The van der Waals surface area contributed by atoms with Crippen molar-refractivity contribution in [3.8, 4) is 11.5 Å². The van der Waals surface area contributed by atoms with Crippen LogP contribution in [0.2, 0.25) is 0 Å². The summed E-state index contributed by atoms with van der Waals surface area (Å²) in [5, 5.41) is 8.88. The van der Waals surface area contributed by atoms with Crippen LogP contribution in [0.4, 0.5) is 13.2 Å². The Bertz CT molecular complexity index is 650. The quantitative estimate of drug-likeness (QED) is 0.904. The van der Waals surface area contributed by atoms with Crippen molar-refractivity contribution in [3.05, 3.63) is 41.3 Å². The Hall–Kier alpha value is -2.35. The summed E-state index contributed by atoms with van der Waals surface area (Å²) in [6.07, 6.45) is -4.51. The molecular weight excluding hydrogens is 277 g/mol. The normalized spacial score (nSPS) is 11.6. The van der Waals surface area contributed by atoms with Crippen molar-refractivity contribution in [1.29, 1.82) is 0 Å². The molecule has 1 aromatic heterocycles. The molecule has 0 spiro atoms. The zero-order valence-electron chi connectivity index (χ0n) is 9.94. The van der Waals surface area contributed by atoms with E-state index in [0.717, 1.165) is 12.1 Å². The van der Waals surface area contributed by atoms with Gasteiger partial charge in [0.25, 0.3) is 0 Å². The standard InChI is InChI=1S/C12H9F3N2O3/c13-12(14,15)7-3-1-2-6(4-7)10-17-9(11(18)19)8(5-16)20-10/h1-4H,5,16H2,(H,18,19). The number of carboxylic acids is 1. The summed E-state index contributed by atoms with van der Waals surface area (Å²) in [5.74, 6) is -1.66. The summed E-state index contributed by atoms with van der Waals surface area (Å²) in [7, 11) is 0. The average Bonchev–Trinajstić information content (AvgIpc) is 2.82. The van der Waals surface area contributed by atoms with E-state index in [4.69, 9.17) is 15.3 Å². The van der Waals surface area contributed by atoms with Gasteiger partial charge in [0, 0.05) is 5.56 Å². The molecule has 0 fully saturated rings. The molecule has 3 N–H and O–H groups in total. The second-order valence-electron chi connectivity index (χ2n) is 3.88. The molecule has 5 nitrogen and oxygen atoms in total. The number of carbonyl (C=O) groups is 1. The Balaban J connectivity index is 2.49. The lowest BCUT2D eigenvalue weighted by molar-refractivity contribution is -0.137. The third-order valence-corrected chi connectivity index (χ3v) is 2.52. The molecule has 0 aliphatic heterocycles. The molecule has 2 aromatic rings. The van der Waals surface area contributed by atoms with Gasteiger partial charge in [-0.2, -0.15) is 13.2 Å². The third kappa shape index (κ3) is 2.64. The van der Waals surface area contributed by atoms with Crippen LogP contribution in [0.3, 0.4) is 0 Å². The van der Waals surface area contributed by atoms with E-state index in [0.29, 0.717) is 0 Å². The van der Waals surface area contributed by atoms with Crippen LogP contribution in [0.25, 0.3) is 11.5 Å². The Labute approximate surface area is 110 Å². The van der Waals surface area contributed by atoms with Gasteiger partial charge in [-0.3, -0.25) is 0 Å². The first-order valence-corrected chi connectivity index (χ1v) is 5.43. The smallest absolute Gasteiger partial charge is 0.416 e. The lowest BCUT2D eigenvalue weighted by atomic mass is 10.1. The molecule has 0 saturated carbocycles. The fourth-order valence-corrected chi connectivity index (χ4v) is 1.61. The van der Waals surface area contributed by atoms with E-state index in [2.05, 4.69) is 4.98 Å². The Kier molecular flexibility index (Phi) is 3.49. The van der Waals surface area contributed by atoms with Crippen LogP contribution in [-0.4, -0.2) is 16.1 Å². The van der Waals surface area contributed by atoms with E-state index < -0.39 is 23.4 Å². The monoisotopic (exact) mass is 286 g/mol. The molecule has 1 aromatic carbocycles. The minimum atomic E-state index is -4.51. The van der Waals surface area contributed by atoms with Crippen molar-refractivity contribution >= 4 is 5.97 Å². The first-order valence-electron chi connectivity index (χ1n) is 5.43. The van der Waals surface area contributed by atoms with Gasteiger partial charge in [0.1, 0.15) is 0 Å². The third-order valence-electron chi connectivity index (χ3n) is 2.52. The average molecular weight is 286 g/mol. The van der Waals surface area contributed by atoms with Gasteiger partial charge in [-0.05, 0) is 18.2 Å². The van der Waals surface area contributed by atoms with Crippen LogP contribution in [0.5, 0.6) is 0 Å². The van der Waals surface area contributed by atoms with E-state index in [1.54, 1.807) is 0 Å². The van der Waals surface area contributed by atoms with Crippen LogP contribution in [-0.2, 0) is 12.7 Å². The van der Waals surface area contributed by atoms with Crippen LogP contribution in [0.1, 0.15) is 21.8 Å². The zero-order valence-corrected chi connectivity index (χ0v) is 9.94. The van der Waals surface area contributed by atoms with E-state index in [9.17, 15) is 18.0 Å². The first-order chi connectivity index (χ1) is 9.32. The minimum Gasteiger partial charge on any atom is -0.476 e.